The number of aryl methyl sites for hydroxylation is 1. The van der Waals surface area contributed by atoms with Gasteiger partial charge >= 0.3 is 0 Å². The number of nitrogens with one attached hydrogen (secondary N) is 1. The SMILES string of the molecule is CC(CCn1ccc(-c2ccc(OC3CC(CO)C3)cc2)cc1=O)(C(=O)NO)S(C)(=O)=O. The van der Waals surface area contributed by atoms with Crippen LogP contribution in [-0.2, 0) is 21.2 Å². The number of aromatic nitrogens is 1. The van der Waals surface area contributed by atoms with Crippen molar-refractivity contribution in [3.8, 4) is 16.9 Å². The van der Waals surface area contributed by atoms with Crippen LogP contribution in [0.4, 0.5) is 0 Å². The van der Waals surface area contributed by atoms with Gasteiger partial charge in [-0.1, -0.05) is 12.1 Å². The highest BCUT2D eigenvalue weighted by Crippen LogP contribution is 2.31. The second-order valence-corrected chi connectivity index (χ2v) is 10.9. The Balaban J connectivity index is 1.68. The molecule has 0 spiro atoms. The van der Waals surface area contributed by atoms with Crippen LogP contribution in [0.5, 0.6) is 5.75 Å². The molecule has 1 aromatic heterocycles. The number of carbonyl (C=O) groups is 1. The lowest BCUT2D eigenvalue weighted by Gasteiger charge is -2.34. The molecule has 1 saturated carbocycles. The van der Waals surface area contributed by atoms with E-state index >= 15 is 0 Å². The van der Waals surface area contributed by atoms with Crippen molar-refractivity contribution in [2.75, 3.05) is 12.9 Å². The Morgan fingerprint density at radius 1 is 1.22 bits per heavy atom. The number of rotatable bonds is 9. The first-order valence-electron chi connectivity index (χ1n) is 10.3. The zero-order chi connectivity index (χ0) is 23.5. The largest absolute Gasteiger partial charge is 0.490 e. The Hall–Kier alpha value is -2.69. The van der Waals surface area contributed by atoms with Crippen molar-refractivity contribution in [2.24, 2.45) is 5.92 Å². The second-order valence-electron chi connectivity index (χ2n) is 8.43. The number of sulfone groups is 1. The minimum Gasteiger partial charge on any atom is -0.490 e. The molecule has 1 fully saturated rings. The lowest BCUT2D eigenvalue weighted by atomic mass is 9.83. The third-order valence-corrected chi connectivity index (χ3v) is 8.19. The molecule has 9 nitrogen and oxygen atoms in total. The van der Waals surface area contributed by atoms with Crippen LogP contribution in [-0.4, -0.2) is 52.9 Å². The minimum absolute atomic E-state index is 0.0148. The van der Waals surface area contributed by atoms with E-state index in [1.54, 1.807) is 12.3 Å². The number of ether oxygens (including phenoxy) is 1. The lowest BCUT2D eigenvalue weighted by Crippen LogP contribution is -2.49. The summed E-state index contributed by atoms with van der Waals surface area (Å²) in [4.78, 5) is 24.5. The zero-order valence-electron chi connectivity index (χ0n) is 18.0. The van der Waals surface area contributed by atoms with Crippen LogP contribution in [0.1, 0.15) is 26.2 Å². The fourth-order valence-corrected chi connectivity index (χ4v) is 4.47. The van der Waals surface area contributed by atoms with E-state index in [2.05, 4.69) is 0 Å². The van der Waals surface area contributed by atoms with E-state index in [1.807, 2.05) is 24.3 Å². The van der Waals surface area contributed by atoms with E-state index < -0.39 is 20.5 Å². The summed E-state index contributed by atoms with van der Waals surface area (Å²) in [5, 5.41) is 18.0. The molecule has 0 saturated heterocycles. The number of benzene rings is 1. The predicted molar refractivity (Wildman–Crippen MR) is 118 cm³/mol. The van der Waals surface area contributed by atoms with Crippen LogP contribution in [0.2, 0.25) is 0 Å². The maximum absolute atomic E-state index is 12.6. The molecule has 174 valence electrons. The van der Waals surface area contributed by atoms with Gasteiger partial charge in [0, 0.05) is 31.7 Å². The number of nitrogens with zero attached hydrogens (tertiary/aromatic N) is 1. The molecule has 3 rings (SSSR count). The van der Waals surface area contributed by atoms with Gasteiger partial charge in [0.25, 0.3) is 11.5 Å². The Kier molecular flexibility index (Phi) is 7.06. The number of hydroxylamine groups is 1. The molecule has 0 radical (unpaired) electrons. The third kappa shape index (κ3) is 5.03. The molecule has 10 heteroatoms. The Morgan fingerprint density at radius 2 is 1.88 bits per heavy atom. The Morgan fingerprint density at radius 3 is 2.41 bits per heavy atom. The number of carbonyl (C=O) groups excluding carboxylic acids is 1. The lowest BCUT2D eigenvalue weighted by molar-refractivity contribution is -0.131. The summed E-state index contributed by atoms with van der Waals surface area (Å²) in [5.74, 6) is 0.00514. The molecular formula is C22H28N2O7S. The minimum atomic E-state index is -3.84. The maximum atomic E-state index is 12.6. The molecule has 0 aliphatic heterocycles. The van der Waals surface area contributed by atoms with Crippen molar-refractivity contribution in [2.45, 2.75) is 43.6 Å². The smallest absolute Gasteiger partial charge is 0.264 e. The van der Waals surface area contributed by atoms with Crippen molar-refractivity contribution in [1.82, 2.24) is 10.0 Å². The summed E-state index contributed by atoms with van der Waals surface area (Å²) >= 11 is 0. The van der Waals surface area contributed by atoms with Crippen molar-refractivity contribution in [3.05, 3.63) is 52.9 Å². The fourth-order valence-electron chi connectivity index (χ4n) is 3.63. The standard InChI is InChI=1S/C22H28N2O7S/c1-22(21(27)23-28,32(2,29)30)8-10-24-9-7-17(13-20(24)26)16-3-5-18(6-4-16)31-19-11-15(12-19)14-25/h3-7,9,13,15,19,25,28H,8,10-12,14H2,1-2H3,(H,23,27). The first-order chi connectivity index (χ1) is 15.1. The Bertz CT molecular complexity index is 1120. The van der Waals surface area contributed by atoms with E-state index in [4.69, 9.17) is 15.1 Å². The molecule has 0 bridgehead atoms. The Labute approximate surface area is 186 Å². The number of hydrogen-bond donors (Lipinski definition) is 3. The van der Waals surface area contributed by atoms with Gasteiger partial charge in [0.05, 0.1) is 6.10 Å². The predicted octanol–water partition coefficient (Wildman–Crippen LogP) is 1.36. The van der Waals surface area contributed by atoms with E-state index in [-0.39, 0.29) is 31.2 Å². The quantitative estimate of drug-likeness (QED) is 0.377. The summed E-state index contributed by atoms with van der Waals surface area (Å²) in [6.07, 6.45) is 4.08. The summed E-state index contributed by atoms with van der Waals surface area (Å²) in [7, 11) is -3.84. The average Bonchev–Trinajstić information content (AvgIpc) is 2.73. The average molecular weight is 465 g/mol. The number of aliphatic hydroxyl groups is 1. The molecule has 3 N–H and O–H groups in total. The number of pyridine rings is 1. The number of aliphatic hydroxyl groups excluding tert-OH is 1. The van der Waals surface area contributed by atoms with Gasteiger partial charge in [-0.05, 0) is 61.4 Å². The summed E-state index contributed by atoms with van der Waals surface area (Å²) < 4.78 is 29.4. The molecule has 1 aliphatic carbocycles. The van der Waals surface area contributed by atoms with Crippen LogP contribution in [0.15, 0.2) is 47.4 Å². The third-order valence-electron chi connectivity index (χ3n) is 6.17. The molecule has 1 heterocycles. The van der Waals surface area contributed by atoms with Crippen LogP contribution in [0.25, 0.3) is 11.1 Å². The van der Waals surface area contributed by atoms with Crippen LogP contribution >= 0.6 is 0 Å². The fraction of sp³-hybridized carbons (Fsp3) is 0.455. The van der Waals surface area contributed by atoms with E-state index in [0.29, 0.717) is 11.5 Å². The van der Waals surface area contributed by atoms with Gasteiger partial charge in [0.2, 0.25) is 0 Å². The molecule has 1 unspecified atom stereocenters. The van der Waals surface area contributed by atoms with Gasteiger partial charge in [-0.2, -0.15) is 0 Å². The maximum Gasteiger partial charge on any atom is 0.264 e. The van der Waals surface area contributed by atoms with Gasteiger partial charge in [0.15, 0.2) is 14.6 Å². The van der Waals surface area contributed by atoms with Crippen molar-refractivity contribution < 1.29 is 28.3 Å². The number of amides is 1. The van der Waals surface area contributed by atoms with E-state index in [9.17, 15) is 18.0 Å². The van der Waals surface area contributed by atoms with E-state index in [0.717, 1.165) is 30.4 Å². The van der Waals surface area contributed by atoms with Gasteiger partial charge in [-0.25, -0.2) is 13.9 Å². The van der Waals surface area contributed by atoms with Gasteiger partial charge in [-0.3, -0.25) is 14.8 Å². The molecule has 1 aromatic carbocycles. The molecule has 2 aromatic rings. The normalized spacial score (nSPS) is 20.1. The molecule has 1 atom stereocenters. The number of hydrogen-bond acceptors (Lipinski definition) is 7. The first kappa shape index (κ1) is 24.0. The van der Waals surface area contributed by atoms with Gasteiger partial charge < -0.3 is 14.4 Å². The zero-order valence-corrected chi connectivity index (χ0v) is 18.8. The van der Waals surface area contributed by atoms with Crippen molar-refractivity contribution >= 4 is 15.7 Å². The molecule has 32 heavy (non-hydrogen) atoms. The van der Waals surface area contributed by atoms with Crippen LogP contribution in [0.3, 0.4) is 0 Å². The molecular weight excluding hydrogens is 436 g/mol. The summed E-state index contributed by atoms with van der Waals surface area (Å²) in [6.45, 7) is 1.38. The highest BCUT2D eigenvalue weighted by molar-refractivity contribution is 7.92. The highest BCUT2D eigenvalue weighted by Gasteiger charge is 2.43. The van der Waals surface area contributed by atoms with Crippen molar-refractivity contribution in [3.63, 3.8) is 0 Å². The van der Waals surface area contributed by atoms with Crippen LogP contribution in [0, 0.1) is 5.92 Å². The van der Waals surface area contributed by atoms with Gasteiger partial charge in [0.1, 0.15) is 5.75 Å². The van der Waals surface area contributed by atoms with Crippen molar-refractivity contribution in [1.29, 1.82) is 0 Å². The first-order valence-corrected chi connectivity index (χ1v) is 12.2. The van der Waals surface area contributed by atoms with Gasteiger partial charge in [-0.15, -0.1) is 0 Å². The van der Waals surface area contributed by atoms with E-state index in [1.165, 1.54) is 23.0 Å². The molecule has 1 amide bonds. The summed E-state index contributed by atoms with van der Waals surface area (Å²) in [6, 6.07) is 10.5. The summed E-state index contributed by atoms with van der Waals surface area (Å²) in [5.41, 5.74) is 2.57. The highest BCUT2D eigenvalue weighted by atomic mass is 32.2. The topological polar surface area (TPSA) is 135 Å². The second kappa shape index (κ2) is 9.43. The van der Waals surface area contributed by atoms with Crippen LogP contribution < -0.4 is 15.8 Å². The monoisotopic (exact) mass is 464 g/mol. The molecule has 1 aliphatic rings.